The summed E-state index contributed by atoms with van der Waals surface area (Å²) in [6, 6.07) is 7.85. The number of rotatable bonds is 7. The Morgan fingerprint density at radius 2 is 1.97 bits per heavy atom. The normalized spacial score (nSPS) is 14.2. The summed E-state index contributed by atoms with van der Waals surface area (Å²) in [7, 11) is 0. The second kappa shape index (κ2) is 9.21. The van der Waals surface area contributed by atoms with Gasteiger partial charge in [-0.25, -0.2) is 4.79 Å². The molecule has 1 fully saturated rings. The lowest BCUT2D eigenvalue weighted by molar-refractivity contribution is -0.137. The molecule has 0 atom stereocenters. The molecule has 2 heterocycles. The van der Waals surface area contributed by atoms with Crippen molar-refractivity contribution in [3.63, 3.8) is 0 Å². The monoisotopic (exact) mass is 495 g/mol. The van der Waals surface area contributed by atoms with Crippen LogP contribution in [0.15, 0.2) is 53.3 Å². The molecule has 2 aromatic heterocycles. The van der Waals surface area contributed by atoms with Gasteiger partial charge in [0.15, 0.2) is 0 Å². The Morgan fingerprint density at radius 3 is 2.59 bits per heavy atom. The maximum atomic E-state index is 13.3. The lowest BCUT2D eigenvalue weighted by Crippen LogP contribution is -2.49. The number of benzene rings is 1. The summed E-state index contributed by atoms with van der Waals surface area (Å²) in [6.45, 7) is 0.0500. The number of amides is 2. The average molecular weight is 496 g/mol. The van der Waals surface area contributed by atoms with Crippen LogP contribution in [-0.4, -0.2) is 27.7 Å². The highest BCUT2D eigenvalue weighted by molar-refractivity contribution is 6.30. The van der Waals surface area contributed by atoms with Crippen molar-refractivity contribution in [2.75, 3.05) is 5.32 Å². The fraction of sp³-hybridized carbons (Fsp3) is 0.238. The SMILES string of the molecule is O=C(NC1(C(=O)NCc2ccc(Nc3ccc(Cl)cc3C(F)(F)F)cn2)CC1)Oc1ccno1. The number of pyridine rings is 1. The maximum absolute atomic E-state index is 13.3. The highest BCUT2D eigenvalue weighted by atomic mass is 35.5. The van der Waals surface area contributed by atoms with E-state index in [4.69, 9.17) is 16.3 Å². The predicted octanol–water partition coefficient (Wildman–Crippen LogP) is 4.42. The number of ether oxygens (including phenoxy) is 1. The first kappa shape index (κ1) is 23.4. The van der Waals surface area contributed by atoms with Crippen LogP contribution in [0.25, 0.3) is 0 Å². The zero-order valence-electron chi connectivity index (χ0n) is 17.3. The highest BCUT2D eigenvalue weighted by Crippen LogP contribution is 2.38. The molecule has 4 rings (SSSR count). The molecule has 1 aliphatic carbocycles. The fourth-order valence-corrected chi connectivity index (χ4v) is 3.23. The molecule has 9 nitrogen and oxygen atoms in total. The van der Waals surface area contributed by atoms with Crippen molar-refractivity contribution >= 4 is 35.0 Å². The van der Waals surface area contributed by atoms with Gasteiger partial charge in [-0.05, 0) is 43.2 Å². The van der Waals surface area contributed by atoms with E-state index in [1.54, 1.807) is 6.07 Å². The van der Waals surface area contributed by atoms with E-state index < -0.39 is 29.3 Å². The molecule has 1 saturated carbocycles. The van der Waals surface area contributed by atoms with Crippen LogP contribution in [0.3, 0.4) is 0 Å². The number of alkyl halides is 3. The largest absolute Gasteiger partial charge is 0.418 e. The van der Waals surface area contributed by atoms with E-state index in [9.17, 15) is 22.8 Å². The van der Waals surface area contributed by atoms with Gasteiger partial charge in [0, 0.05) is 11.1 Å². The summed E-state index contributed by atoms with van der Waals surface area (Å²) in [5.41, 5.74) is -1.37. The zero-order chi connectivity index (χ0) is 24.3. The Hall–Kier alpha value is -3.80. The van der Waals surface area contributed by atoms with Crippen LogP contribution in [0, 0.1) is 0 Å². The number of anilines is 2. The van der Waals surface area contributed by atoms with E-state index in [0.717, 1.165) is 6.07 Å². The molecule has 0 unspecified atom stereocenters. The fourth-order valence-electron chi connectivity index (χ4n) is 3.06. The first-order valence-corrected chi connectivity index (χ1v) is 10.3. The Labute approximate surface area is 195 Å². The van der Waals surface area contributed by atoms with Crippen molar-refractivity contribution in [1.29, 1.82) is 0 Å². The quantitative estimate of drug-likeness (QED) is 0.444. The minimum absolute atomic E-state index is 0.0312. The summed E-state index contributed by atoms with van der Waals surface area (Å²) in [5.74, 6) is -0.519. The molecular weight excluding hydrogens is 479 g/mol. The molecule has 34 heavy (non-hydrogen) atoms. The number of hydrogen-bond donors (Lipinski definition) is 3. The highest BCUT2D eigenvalue weighted by Gasteiger charge is 2.51. The number of carbonyl (C=O) groups is 2. The molecule has 0 radical (unpaired) electrons. The van der Waals surface area contributed by atoms with Crippen LogP contribution in [0.4, 0.5) is 29.3 Å². The maximum Gasteiger partial charge on any atom is 0.418 e. The second-order valence-electron chi connectivity index (χ2n) is 7.46. The molecule has 0 spiro atoms. The van der Waals surface area contributed by atoms with Gasteiger partial charge in [0.2, 0.25) is 5.91 Å². The van der Waals surface area contributed by atoms with Crippen molar-refractivity contribution in [1.82, 2.24) is 20.8 Å². The molecule has 2 amide bonds. The number of carbonyl (C=O) groups excluding carboxylic acids is 2. The molecule has 0 saturated heterocycles. The summed E-state index contributed by atoms with van der Waals surface area (Å²) < 4.78 is 49.3. The second-order valence-corrected chi connectivity index (χ2v) is 7.90. The van der Waals surface area contributed by atoms with E-state index in [1.165, 1.54) is 36.7 Å². The number of aromatic nitrogens is 2. The lowest BCUT2D eigenvalue weighted by Gasteiger charge is -2.16. The van der Waals surface area contributed by atoms with Crippen LogP contribution >= 0.6 is 11.6 Å². The van der Waals surface area contributed by atoms with Crippen molar-refractivity contribution in [3.05, 3.63) is 65.1 Å². The van der Waals surface area contributed by atoms with E-state index in [-0.39, 0.29) is 23.2 Å². The van der Waals surface area contributed by atoms with Gasteiger partial charge >= 0.3 is 18.2 Å². The smallest absolute Gasteiger partial charge is 0.374 e. The third-order valence-electron chi connectivity index (χ3n) is 4.95. The minimum atomic E-state index is -4.58. The van der Waals surface area contributed by atoms with E-state index >= 15 is 0 Å². The van der Waals surface area contributed by atoms with Gasteiger partial charge in [0.05, 0.1) is 41.6 Å². The molecule has 178 valence electrons. The van der Waals surface area contributed by atoms with Crippen LogP contribution in [-0.2, 0) is 17.5 Å². The molecule has 0 bridgehead atoms. The lowest BCUT2D eigenvalue weighted by atomic mass is 10.1. The number of nitrogens with zero attached hydrogens (tertiary/aromatic N) is 2. The summed E-state index contributed by atoms with van der Waals surface area (Å²) in [6.07, 6.45) is -1.92. The molecule has 3 aromatic rings. The first-order valence-electron chi connectivity index (χ1n) is 9.92. The molecule has 13 heteroatoms. The van der Waals surface area contributed by atoms with Gasteiger partial charge in [-0.2, -0.15) is 13.2 Å². The van der Waals surface area contributed by atoms with Crippen LogP contribution in [0.2, 0.25) is 5.02 Å². The summed E-state index contributed by atoms with van der Waals surface area (Å²) in [5, 5.41) is 11.2. The van der Waals surface area contributed by atoms with Gasteiger partial charge in [-0.15, -0.1) is 0 Å². The van der Waals surface area contributed by atoms with E-state index in [2.05, 4.69) is 30.6 Å². The van der Waals surface area contributed by atoms with Crippen molar-refractivity contribution in [2.45, 2.75) is 31.1 Å². The van der Waals surface area contributed by atoms with Crippen LogP contribution in [0.1, 0.15) is 24.1 Å². The Bertz CT molecular complexity index is 1180. The van der Waals surface area contributed by atoms with Crippen molar-refractivity contribution < 1.29 is 32.0 Å². The molecule has 3 N–H and O–H groups in total. The third-order valence-corrected chi connectivity index (χ3v) is 5.19. The first-order chi connectivity index (χ1) is 16.1. The number of hydrogen-bond acceptors (Lipinski definition) is 7. The van der Waals surface area contributed by atoms with Gasteiger partial charge in [0.1, 0.15) is 5.54 Å². The summed E-state index contributed by atoms with van der Waals surface area (Å²) >= 11 is 5.69. The van der Waals surface area contributed by atoms with Gasteiger partial charge in [-0.1, -0.05) is 16.8 Å². The zero-order valence-corrected chi connectivity index (χ0v) is 18.0. The minimum Gasteiger partial charge on any atom is -0.374 e. The standard InChI is InChI=1S/C21H17ClF3N5O4/c22-12-1-4-16(15(9-12)21(23,24)25)29-14-3-2-13(26-11-14)10-27-18(31)20(6-7-20)30-19(32)33-17-5-8-28-34-17/h1-5,8-9,11,29H,6-7,10H2,(H,27,31)(H,30,32). The predicted molar refractivity (Wildman–Crippen MR) is 113 cm³/mol. The molecular formula is C21H17ClF3N5O4. The van der Waals surface area contributed by atoms with Gasteiger partial charge in [0.25, 0.3) is 0 Å². The van der Waals surface area contributed by atoms with Crippen LogP contribution in [0.5, 0.6) is 5.95 Å². The molecule has 1 aromatic carbocycles. The number of halogens is 4. The summed E-state index contributed by atoms with van der Waals surface area (Å²) in [4.78, 5) is 28.6. The van der Waals surface area contributed by atoms with Crippen molar-refractivity contribution in [2.24, 2.45) is 0 Å². The molecule has 0 aliphatic heterocycles. The topological polar surface area (TPSA) is 118 Å². The number of nitrogens with one attached hydrogen (secondary N) is 3. The molecule has 1 aliphatic rings. The Kier molecular flexibility index (Phi) is 6.33. The Balaban J connectivity index is 1.32. The van der Waals surface area contributed by atoms with E-state index in [1.807, 2.05) is 0 Å². The average Bonchev–Trinajstić information content (AvgIpc) is 3.38. The van der Waals surface area contributed by atoms with Crippen molar-refractivity contribution in [3.8, 4) is 5.95 Å². The van der Waals surface area contributed by atoms with Gasteiger partial charge in [-0.3, -0.25) is 9.78 Å². The van der Waals surface area contributed by atoms with Gasteiger partial charge < -0.3 is 25.2 Å². The van der Waals surface area contributed by atoms with Crippen LogP contribution < -0.4 is 20.7 Å². The third kappa shape index (κ3) is 5.57. The van der Waals surface area contributed by atoms with E-state index in [0.29, 0.717) is 24.2 Å². The Morgan fingerprint density at radius 1 is 1.18 bits per heavy atom.